The molecule has 0 aliphatic rings. The number of rotatable bonds is 10. The van der Waals surface area contributed by atoms with E-state index in [1.54, 1.807) is 24.3 Å². The number of amides is 2. The number of halogens is 2. The predicted octanol–water partition coefficient (Wildman–Crippen LogP) is 4.10. The molecule has 2 rings (SSSR count). The lowest BCUT2D eigenvalue weighted by molar-refractivity contribution is -0.122. The van der Waals surface area contributed by atoms with Crippen LogP contribution in [0.2, 0.25) is 5.02 Å². The van der Waals surface area contributed by atoms with Gasteiger partial charge in [0.2, 0.25) is 0 Å². The third-order valence-corrected chi connectivity index (χ3v) is 4.08. The van der Waals surface area contributed by atoms with Crippen LogP contribution in [0.25, 0.3) is 0 Å². The molecule has 160 valence electrons. The van der Waals surface area contributed by atoms with Gasteiger partial charge in [0.15, 0.2) is 6.61 Å². The third-order valence-electron chi connectivity index (χ3n) is 3.78. The Kier molecular flexibility index (Phi) is 8.68. The van der Waals surface area contributed by atoms with Gasteiger partial charge in [-0.15, -0.1) is 0 Å². The van der Waals surface area contributed by atoms with Gasteiger partial charge < -0.3 is 20.1 Å². The molecule has 0 fully saturated rings. The Morgan fingerprint density at radius 3 is 2.43 bits per heavy atom. The van der Waals surface area contributed by atoms with E-state index in [9.17, 15) is 14.0 Å². The van der Waals surface area contributed by atoms with E-state index in [1.807, 2.05) is 13.8 Å². The van der Waals surface area contributed by atoms with Gasteiger partial charge in [-0.25, -0.2) is 4.39 Å². The van der Waals surface area contributed by atoms with Crippen LogP contribution in [0, 0.1) is 5.82 Å². The summed E-state index contributed by atoms with van der Waals surface area (Å²) in [6.07, 6.45) is 0.408. The van der Waals surface area contributed by atoms with E-state index in [2.05, 4.69) is 17.2 Å². The Labute approximate surface area is 180 Å². The summed E-state index contributed by atoms with van der Waals surface area (Å²) >= 11 is 5.59. The monoisotopic (exact) mass is 434 g/mol. The molecule has 30 heavy (non-hydrogen) atoms. The molecule has 2 aromatic rings. The summed E-state index contributed by atoms with van der Waals surface area (Å²) in [6.45, 7) is 7.59. The Morgan fingerprint density at radius 1 is 1.13 bits per heavy atom. The zero-order valence-electron chi connectivity index (χ0n) is 16.8. The molecule has 0 spiro atoms. The van der Waals surface area contributed by atoms with Gasteiger partial charge in [-0.2, -0.15) is 0 Å². The van der Waals surface area contributed by atoms with Crippen molar-refractivity contribution in [3.8, 4) is 11.5 Å². The highest BCUT2D eigenvalue weighted by atomic mass is 35.5. The SMILES string of the molecule is C=C(CCNC(=O)c1ccc(OC(C)C)cc1)NC(=O)COc1ccc(Cl)c(F)c1. The van der Waals surface area contributed by atoms with Gasteiger partial charge in [0, 0.05) is 30.3 Å². The Bertz CT molecular complexity index is 901. The van der Waals surface area contributed by atoms with E-state index >= 15 is 0 Å². The fraction of sp³-hybridized carbons (Fsp3) is 0.273. The Hall–Kier alpha value is -3.06. The summed E-state index contributed by atoms with van der Waals surface area (Å²) in [7, 11) is 0. The molecular formula is C22H24ClFN2O4. The van der Waals surface area contributed by atoms with Gasteiger partial charge in [0.05, 0.1) is 11.1 Å². The van der Waals surface area contributed by atoms with Crippen LogP contribution < -0.4 is 20.1 Å². The summed E-state index contributed by atoms with van der Waals surface area (Å²) in [5, 5.41) is 5.30. The van der Waals surface area contributed by atoms with Crippen LogP contribution in [0.3, 0.4) is 0 Å². The minimum absolute atomic E-state index is 0.0259. The molecule has 2 amide bonds. The van der Waals surface area contributed by atoms with Crippen LogP contribution in [-0.4, -0.2) is 31.1 Å². The molecule has 0 saturated heterocycles. The number of nitrogens with one attached hydrogen (secondary N) is 2. The second-order valence-electron chi connectivity index (χ2n) is 6.71. The second-order valence-corrected chi connectivity index (χ2v) is 7.12. The first-order chi connectivity index (χ1) is 14.2. The van der Waals surface area contributed by atoms with Crippen molar-refractivity contribution in [1.82, 2.24) is 10.6 Å². The number of carbonyl (C=O) groups is 2. The zero-order valence-corrected chi connectivity index (χ0v) is 17.6. The molecule has 6 nitrogen and oxygen atoms in total. The lowest BCUT2D eigenvalue weighted by Crippen LogP contribution is -2.31. The fourth-order valence-electron chi connectivity index (χ4n) is 2.40. The molecule has 0 bridgehead atoms. The molecule has 2 aromatic carbocycles. The number of hydrogen-bond donors (Lipinski definition) is 2. The molecule has 0 atom stereocenters. The van der Waals surface area contributed by atoms with Gasteiger partial charge in [0.25, 0.3) is 11.8 Å². The highest BCUT2D eigenvalue weighted by molar-refractivity contribution is 6.30. The molecular weight excluding hydrogens is 411 g/mol. The van der Waals surface area contributed by atoms with Gasteiger partial charge in [-0.1, -0.05) is 18.2 Å². The second kappa shape index (κ2) is 11.2. The van der Waals surface area contributed by atoms with E-state index in [1.165, 1.54) is 12.1 Å². The van der Waals surface area contributed by atoms with E-state index in [0.29, 0.717) is 30.0 Å². The predicted molar refractivity (Wildman–Crippen MR) is 113 cm³/mol. The molecule has 0 aliphatic heterocycles. The normalized spacial score (nSPS) is 10.4. The van der Waals surface area contributed by atoms with Crippen molar-refractivity contribution in [2.75, 3.05) is 13.2 Å². The molecule has 0 unspecified atom stereocenters. The maximum atomic E-state index is 13.3. The smallest absolute Gasteiger partial charge is 0.262 e. The molecule has 0 heterocycles. The van der Waals surface area contributed by atoms with E-state index in [-0.39, 0.29) is 29.4 Å². The summed E-state index contributed by atoms with van der Waals surface area (Å²) in [4.78, 5) is 24.1. The van der Waals surface area contributed by atoms with Crippen LogP contribution in [0.15, 0.2) is 54.7 Å². The third kappa shape index (κ3) is 7.75. The average molecular weight is 435 g/mol. The van der Waals surface area contributed by atoms with Crippen molar-refractivity contribution in [2.45, 2.75) is 26.4 Å². The minimum atomic E-state index is -0.628. The van der Waals surface area contributed by atoms with Crippen molar-refractivity contribution in [1.29, 1.82) is 0 Å². The summed E-state index contributed by atoms with van der Waals surface area (Å²) in [5.41, 5.74) is 0.927. The van der Waals surface area contributed by atoms with Crippen LogP contribution in [0.1, 0.15) is 30.6 Å². The molecule has 0 radical (unpaired) electrons. The lowest BCUT2D eigenvalue weighted by atomic mass is 10.2. The molecule has 8 heteroatoms. The van der Waals surface area contributed by atoms with Crippen molar-refractivity contribution in [3.05, 3.63) is 71.1 Å². The van der Waals surface area contributed by atoms with E-state index < -0.39 is 11.7 Å². The summed E-state index contributed by atoms with van der Waals surface area (Å²) in [6, 6.07) is 10.7. The first-order valence-electron chi connectivity index (χ1n) is 9.35. The quantitative estimate of drug-likeness (QED) is 0.590. The summed E-state index contributed by atoms with van der Waals surface area (Å²) < 4.78 is 24.1. The molecule has 2 N–H and O–H groups in total. The zero-order chi connectivity index (χ0) is 22.1. The van der Waals surface area contributed by atoms with E-state index in [4.69, 9.17) is 21.1 Å². The topological polar surface area (TPSA) is 76.7 Å². The Morgan fingerprint density at radius 2 is 1.80 bits per heavy atom. The molecule has 0 aromatic heterocycles. The lowest BCUT2D eigenvalue weighted by Gasteiger charge is -2.11. The van der Waals surface area contributed by atoms with E-state index in [0.717, 1.165) is 6.07 Å². The van der Waals surface area contributed by atoms with Crippen molar-refractivity contribution in [2.24, 2.45) is 0 Å². The molecule has 0 saturated carbocycles. The molecule has 0 aliphatic carbocycles. The van der Waals surface area contributed by atoms with Crippen molar-refractivity contribution in [3.63, 3.8) is 0 Å². The van der Waals surface area contributed by atoms with Crippen LogP contribution in [-0.2, 0) is 4.79 Å². The standard InChI is InChI=1S/C22H24ClFN2O4/c1-14(2)30-17-6-4-16(5-7-17)22(28)25-11-10-15(3)26-21(27)13-29-18-8-9-19(23)20(24)12-18/h4-9,12,14H,3,10-11,13H2,1-2H3,(H,25,28)(H,26,27). The number of benzene rings is 2. The fourth-order valence-corrected chi connectivity index (χ4v) is 2.51. The maximum absolute atomic E-state index is 13.3. The average Bonchev–Trinajstić information content (AvgIpc) is 2.69. The first kappa shape index (κ1) is 23.2. The first-order valence-corrected chi connectivity index (χ1v) is 9.73. The Balaban J connectivity index is 1.69. The van der Waals surface area contributed by atoms with Gasteiger partial charge in [0.1, 0.15) is 17.3 Å². The van der Waals surface area contributed by atoms with Crippen molar-refractivity contribution >= 4 is 23.4 Å². The van der Waals surface area contributed by atoms with Crippen LogP contribution >= 0.6 is 11.6 Å². The number of hydrogen-bond acceptors (Lipinski definition) is 4. The van der Waals surface area contributed by atoms with Crippen LogP contribution in [0.4, 0.5) is 4.39 Å². The summed E-state index contributed by atoms with van der Waals surface area (Å²) in [5.74, 6) is -0.423. The number of ether oxygens (including phenoxy) is 2. The minimum Gasteiger partial charge on any atom is -0.491 e. The maximum Gasteiger partial charge on any atom is 0.262 e. The van der Waals surface area contributed by atoms with Crippen molar-refractivity contribution < 1.29 is 23.5 Å². The van der Waals surface area contributed by atoms with Gasteiger partial charge in [-0.05, 0) is 50.2 Å². The van der Waals surface area contributed by atoms with Gasteiger partial charge >= 0.3 is 0 Å². The highest BCUT2D eigenvalue weighted by Crippen LogP contribution is 2.20. The number of carbonyl (C=O) groups excluding carboxylic acids is 2. The van der Waals surface area contributed by atoms with Crippen LogP contribution in [0.5, 0.6) is 11.5 Å². The van der Waals surface area contributed by atoms with Gasteiger partial charge in [-0.3, -0.25) is 9.59 Å². The largest absolute Gasteiger partial charge is 0.491 e. The highest BCUT2D eigenvalue weighted by Gasteiger charge is 2.09.